The van der Waals surface area contributed by atoms with E-state index in [4.69, 9.17) is 9.72 Å². The second-order valence-electron chi connectivity index (χ2n) is 8.84. The van der Waals surface area contributed by atoms with Crippen molar-refractivity contribution in [2.75, 3.05) is 37.8 Å². The summed E-state index contributed by atoms with van der Waals surface area (Å²) < 4.78 is 20.0. The standard InChI is InChI=1S/C24H29N5O3S/c1-28-15-25-19-14-18(27-23(22(19)24(28)30)26-17-6-7-17)16-5-8-20(21(13-16)33(2)31)32-12-11-29-9-3-4-10-29/h5,8,13-15,17H,3-4,6-7,9-12H2,1-2H3,(H,26,27). The van der Waals surface area contributed by atoms with Gasteiger partial charge in [0.05, 0.1) is 33.2 Å². The number of nitrogens with one attached hydrogen (secondary N) is 1. The number of hydrogen-bond acceptors (Lipinski definition) is 7. The van der Waals surface area contributed by atoms with Gasteiger partial charge in [-0.25, -0.2) is 9.97 Å². The Morgan fingerprint density at radius 1 is 1.21 bits per heavy atom. The molecular weight excluding hydrogens is 438 g/mol. The molecule has 0 radical (unpaired) electrons. The molecule has 1 atom stereocenters. The lowest BCUT2D eigenvalue weighted by molar-refractivity contribution is 0.234. The zero-order valence-electron chi connectivity index (χ0n) is 19.0. The first-order valence-corrected chi connectivity index (χ1v) is 13.0. The third-order valence-electron chi connectivity index (χ3n) is 6.23. The van der Waals surface area contributed by atoms with Crippen LogP contribution in [0.25, 0.3) is 22.2 Å². The van der Waals surface area contributed by atoms with Crippen LogP contribution in [0, 0.1) is 0 Å². The molecule has 8 nitrogen and oxygen atoms in total. The molecular formula is C24H29N5O3S. The van der Waals surface area contributed by atoms with Gasteiger partial charge in [-0.15, -0.1) is 0 Å². The SMILES string of the molecule is Cn1cnc2cc(-c3ccc(OCCN4CCCC4)c(S(C)=O)c3)nc(NC3CC3)c2c1=O. The van der Waals surface area contributed by atoms with Crippen molar-refractivity contribution in [3.05, 3.63) is 40.9 Å². The second kappa shape index (κ2) is 9.23. The summed E-state index contributed by atoms with van der Waals surface area (Å²) in [6.07, 6.45) is 7.81. The van der Waals surface area contributed by atoms with E-state index in [9.17, 15) is 9.00 Å². The molecule has 33 heavy (non-hydrogen) atoms. The van der Waals surface area contributed by atoms with Crippen molar-refractivity contribution in [2.24, 2.45) is 7.05 Å². The molecule has 9 heteroatoms. The monoisotopic (exact) mass is 467 g/mol. The molecule has 174 valence electrons. The molecule has 2 fully saturated rings. The number of hydrogen-bond donors (Lipinski definition) is 1. The lowest BCUT2D eigenvalue weighted by atomic mass is 10.1. The summed E-state index contributed by atoms with van der Waals surface area (Å²) in [6, 6.07) is 7.83. The molecule has 1 N–H and O–H groups in total. The summed E-state index contributed by atoms with van der Waals surface area (Å²) in [5.74, 6) is 1.20. The van der Waals surface area contributed by atoms with Gasteiger partial charge in [-0.05, 0) is 63.0 Å². The van der Waals surface area contributed by atoms with Crippen molar-refractivity contribution in [1.82, 2.24) is 19.4 Å². The highest BCUT2D eigenvalue weighted by Gasteiger charge is 2.24. The normalized spacial score (nSPS) is 17.4. The van der Waals surface area contributed by atoms with Crippen LogP contribution in [0.1, 0.15) is 25.7 Å². The van der Waals surface area contributed by atoms with Gasteiger partial charge in [0.25, 0.3) is 5.56 Å². The van der Waals surface area contributed by atoms with E-state index < -0.39 is 10.8 Å². The number of ether oxygens (including phenoxy) is 1. The molecule has 1 aliphatic carbocycles. The molecule has 2 aliphatic rings. The zero-order chi connectivity index (χ0) is 22.9. The Hall–Kier alpha value is -2.78. The van der Waals surface area contributed by atoms with Crippen molar-refractivity contribution in [3.63, 3.8) is 0 Å². The minimum absolute atomic E-state index is 0.126. The number of aromatic nitrogens is 3. The number of rotatable bonds is 8. The van der Waals surface area contributed by atoms with Crippen LogP contribution >= 0.6 is 0 Å². The molecule has 0 amide bonds. The molecule has 1 aromatic carbocycles. The Labute approximate surface area is 195 Å². The first-order valence-electron chi connectivity index (χ1n) is 11.5. The lowest BCUT2D eigenvalue weighted by Gasteiger charge is -2.17. The molecule has 2 aromatic heterocycles. The fourth-order valence-corrected chi connectivity index (χ4v) is 4.90. The van der Waals surface area contributed by atoms with E-state index >= 15 is 0 Å². The molecule has 1 unspecified atom stereocenters. The van der Waals surface area contributed by atoms with E-state index in [1.165, 1.54) is 23.7 Å². The predicted molar refractivity (Wildman–Crippen MR) is 130 cm³/mol. The van der Waals surface area contributed by atoms with E-state index in [-0.39, 0.29) is 5.56 Å². The van der Waals surface area contributed by atoms with Crippen LogP contribution in [0.4, 0.5) is 5.82 Å². The van der Waals surface area contributed by atoms with Gasteiger partial charge >= 0.3 is 0 Å². The van der Waals surface area contributed by atoms with Crippen molar-refractivity contribution in [2.45, 2.75) is 36.6 Å². The number of nitrogens with zero attached hydrogens (tertiary/aromatic N) is 4. The minimum atomic E-state index is -1.22. The molecule has 1 saturated heterocycles. The predicted octanol–water partition coefficient (Wildman–Crippen LogP) is 2.78. The second-order valence-corrected chi connectivity index (χ2v) is 10.2. The highest BCUT2D eigenvalue weighted by molar-refractivity contribution is 7.84. The smallest absolute Gasteiger partial charge is 0.264 e. The first-order chi connectivity index (χ1) is 16.0. The number of anilines is 1. The van der Waals surface area contributed by atoms with Gasteiger partial charge in [0.1, 0.15) is 23.6 Å². The van der Waals surface area contributed by atoms with E-state index in [1.54, 1.807) is 13.3 Å². The molecule has 1 saturated carbocycles. The third-order valence-corrected chi connectivity index (χ3v) is 7.17. The third kappa shape index (κ3) is 4.79. The van der Waals surface area contributed by atoms with Gasteiger partial charge in [0, 0.05) is 31.5 Å². The summed E-state index contributed by atoms with van der Waals surface area (Å²) >= 11 is 0. The van der Waals surface area contributed by atoms with Gasteiger partial charge in [0.2, 0.25) is 0 Å². The maximum absolute atomic E-state index is 12.8. The van der Waals surface area contributed by atoms with E-state index in [1.807, 2.05) is 24.3 Å². The summed E-state index contributed by atoms with van der Waals surface area (Å²) in [5, 5.41) is 3.88. The van der Waals surface area contributed by atoms with E-state index in [2.05, 4.69) is 15.2 Å². The van der Waals surface area contributed by atoms with Gasteiger partial charge in [-0.3, -0.25) is 13.9 Å². The number of fused-ring (bicyclic) bond motifs is 1. The number of likely N-dealkylation sites (tertiary alicyclic amines) is 1. The molecule has 0 spiro atoms. The lowest BCUT2D eigenvalue weighted by Crippen LogP contribution is -2.25. The Balaban J connectivity index is 1.48. The maximum Gasteiger partial charge on any atom is 0.264 e. The fourth-order valence-electron chi connectivity index (χ4n) is 4.20. The molecule has 3 aromatic rings. The van der Waals surface area contributed by atoms with Gasteiger partial charge in [-0.1, -0.05) is 0 Å². The maximum atomic E-state index is 12.8. The van der Waals surface area contributed by atoms with Crippen molar-refractivity contribution < 1.29 is 8.95 Å². The minimum Gasteiger partial charge on any atom is -0.491 e. The van der Waals surface area contributed by atoms with Crippen LogP contribution in [0.2, 0.25) is 0 Å². The van der Waals surface area contributed by atoms with Gasteiger partial charge < -0.3 is 14.6 Å². The molecule has 3 heterocycles. The van der Waals surface area contributed by atoms with Crippen molar-refractivity contribution in [3.8, 4) is 17.0 Å². The van der Waals surface area contributed by atoms with Crippen LogP contribution in [-0.4, -0.2) is 62.2 Å². The van der Waals surface area contributed by atoms with Gasteiger partial charge in [-0.2, -0.15) is 0 Å². The van der Waals surface area contributed by atoms with Crippen LogP contribution in [0.5, 0.6) is 5.75 Å². The fraction of sp³-hybridized carbons (Fsp3) is 0.458. The van der Waals surface area contributed by atoms with Crippen molar-refractivity contribution in [1.29, 1.82) is 0 Å². The number of pyridine rings is 1. The summed E-state index contributed by atoms with van der Waals surface area (Å²) in [6.45, 7) is 3.69. The quantitative estimate of drug-likeness (QED) is 0.545. The van der Waals surface area contributed by atoms with E-state index in [0.29, 0.717) is 45.7 Å². The topological polar surface area (TPSA) is 89.3 Å². The number of benzene rings is 1. The Bertz CT molecular complexity index is 1260. The summed E-state index contributed by atoms with van der Waals surface area (Å²) in [5.41, 5.74) is 1.97. The molecule has 0 bridgehead atoms. The van der Waals surface area contributed by atoms with Crippen LogP contribution in [0.15, 0.2) is 40.3 Å². The zero-order valence-corrected chi connectivity index (χ0v) is 19.9. The van der Waals surface area contributed by atoms with E-state index in [0.717, 1.165) is 38.0 Å². The average Bonchev–Trinajstić information content (AvgIpc) is 3.47. The Morgan fingerprint density at radius 2 is 2.00 bits per heavy atom. The average molecular weight is 468 g/mol. The van der Waals surface area contributed by atoms with Crippen molar-refractivity contribution >= 4 is 27.5 Å². The summed E-state index contributed by atoms with van der Waals surface area (Å²) in [7, 11) is 0.470. The largest absolute Gasteiger partial charge is 0.491 e. The highest BCUT2D eigenvalue weighted by atomic mass is 32.2. The van der Waals surface area contributed by atoms with Crippen LogP contribution < -0.4 is 15.6 Å². The van der Waals surface area contributed by atoms with Crippen LogP contribution in [0.3, 0.4) is 0 Å². The summed E-state index contributed by atoms with van der Waals surface area (Å²) in [4.78, 5) is 25.0. The number of aryl methyl sites for hydroxylation is 1. The molecule has 5 rings (SSSR count). The Kier molecular flexibility index (Phi) is 6.16. The molecule has 1 aliphatic heterocycles. The Morgan fingerprint density at radius 3 is 2.73 bits per heavy atom. The van der Waals surface area contributed by atoms with Crippen LogP contribution in [-0.2, 0) is 17.8 Å². The first kappa shape index (κ1) is 22.0. The van der Waals surface area contributed by atoms with Gasteiger partial charge in [0.15, 0.2) is 0 Å². The highest BCUT2D eigenvalue weighted by Crippen LogP contribution is 2.32.